The monoisotopic (exact) mass is 485 g/mol. The van der Waals surface area contributed by atoms with E-state index < -0.39 is 17.2 Å². The fourth-order valence-corrected chi connectivity index (χ4v) is 4.25. The van der Waals surface area contributed by atoms with Crippen LogP contribution in [0.4, 0.5) is 9.18 Å². The number of aliphatic hydroxyl groups is 1. The van der Waals surface area contributed by atoms with Gasteiger partial charge in [-0.3, -0.25) is 14.6 Å². The molecule has 2 aliphatic heterocycles. The second kappa shape index (κ2) is 10.2. The smallest absolute Gasteiger partial charge is 0.325 e. The molecule has 188 valence electrons. The molecule has 2 N–H and O–H groups in total. The van der Waals surface area contributed by atoms with Crippen molar-refractivity contribution >= 4 is 11.9 Å². The normalized spacial score (nSPS) is 19.5. The molecule has 3 amide bonds. The zero-order valence-electron chi connectivity index (χ0n) is 20.1. The van der Waals surface area contributed by atoms with Gasteiger partial charge in [-0.05, 0) is 68.7 Å². The van der Waals surface area contributed by atoms with E-state index in [0.717, 1.165) is 25.2 Å². The highest BCUT2D eigenvalue weighted by molar-refractivity contribution is 6.06. The van der Waals surface area contributed by atoms with Gasteiger partial charge in [-0.25, -0.2) is 9.18 Å². The fraction of sp³-hybridized carbons (Fsp3) is 0.462. The molecule has 0 aliphatic carbocycles. The molecule has 0 radical (unpaired) electrons. The van der Waals surface area contributed by atoms with Crippen molar-refractivity contribution in [2.75, 3.05) is 32.8 Å². The summed E-state index contributed by atoms with van der Waals surface area (Å²) in [5.41, 5.74) is -0.648. The zero-order chi connectivity index (χ0) is 25.1. The fourth-order valence-electron chi connectivity index (χ4n) is 4.25. The van der Waals surface area contributed by atoms with Crippen LogP contribution in [0.15, 0.2) is 48.5 Å². The lowest BCUT2D eigenvalue weighted by atomic mass is 9.92. The summed E-state index contributed by atoms with van der Waals surface area (Å²) < 4.78 is 24.4. The third-order valence-corrected chi connectivity index (χ3v) is 6.47. The zero-order valence-corrected chi connectivity index (χ0v) is 20.1. The number of nitrogens with zero attached hydrogens (tertiary/aromatic N) is 2. The van der Waals surface area contributed by atoms with Gasteiger partial charge in [0.1, 0.15) is 41.7 Å². The first kappa shape index (κ1) is 24.9. The SMILES string of the molecule is CC1(C)NC(=O)N(CCOc2ccc(CN3CCC(O)(COc4ccc(F)cc4)CC3)cc2)C1=O. The van der Waals surface area contributed by atoms with E-state index in [-0.39, 0.29) is 31.5 Å². The molecular weight excluding hydrogens is 453 g/mol. The minimum Gasteiger partial charge on any atom is -0.492 e. The number of halogens is 1. The third-order valence-electron chi connectivity index (χ3n) is 6.47. The number of nitrogens with one attached hydrogen (secondary N) is 1. The number of hydrogen-bond acceptors (Lipinski definition) is 6. The van der Waals surface area contributed by atoms with Crippen LogP contribution in [0, 0.1) is 5.82 Å². The molecule has 0 atom stereocenters. The van der Waals surface area contributed by atoms with Crippen LogP contribution in [0.5, 0.6) is 11.5 Å². The first-order chi connectivity index (χ1) is 16.6. The Morgan fingerprint density at radius 3 is 2.17 bits per heavy atom. The van der Waals surface area contributed by atoms with E-state index >= 15 is 0 Å². The Labute approximate surface area is 204 Å². The quantitative estimate of drug-likeness (QED) is 0.531. The van der Waals surface area contributed by atoms with Crippen molar-refractivity contribution < 1.29 is 28.6 Å². The molecule has 8 nitrogen and oxygen atoms in total. The van der Waals surface area contributed by atoms with Gasteiger partial charge >= 0.3 is 6.03 Å². The highest BCUT2D eigenvalue weighted by Gasteiger charge is 2.43. The lowest BCUT2D eigenvalue weighted by Crippen LogP contribution is -2.47. The molecule has 2 aromatic carbocycles. The van der Waals surface area contributed by atoms with E-state index in [1.807, 2.05) is 24.3 Å². The number of urea groups is 1. The van der Waals surface area contributed by atoms with Crippen molar-refractivity contribution in [3.8, 4) is 11.5 Å². The number of rotatable bonds is 9. The van der Waals surface area contributed by atoms with Crippen molar-refractivity contribution in [1.29, 1.82) is 0 Å². The summed E-state index contributed by atoms with van der Waals surface area (Å²) in [6.45, 7) is 6.19. The number of imide groups is 1. The molecular formula is C26H32FN3O5. The molecule has 0 bridgehead atoms. The van der Waals surface area contributed by atoms with E-state index in [4.69, 9.17) is 9.47 Å². The predicted molar refractivity (Wildman–Crippen MR) is 128 cm³/mol. The van der Waals surface area contributed by atoms with Crippen molar-refractivity contribution in [2.24, 2.45) is 0 Å². The van der Waals surface area contributed by atoms with Gasteiger partial charge in [-0.1, -0.05) is 12.1 Å². The molecule has 2 heterocycles. The Balaban J connectivity index is 1.18. The number of piperidine rings is 1. The van der Waals surface area contributed by atoms with Crippen molar-refractivity contribution in [3.63, 3.8) is 0 Å². The minimum atomic E-state index is -0.897. The van der Waals surface area contributed by atoms with Crippen LogP contribution < -0.4 is 14.8 Å². The van der Waals surface area contributed by atoms with Gasteiger partial charge in [0.25, 0.3) is 5.91 Å². The van der Waals surface area contributed by atoms with Gasteiger partial charge in [-0.15, -0.1) is 0 Å². The molecule has 2 fully saturated rings. The van der Waals surface area contributed by atoms with Crippen LogP contribution in [0.3, 0.4) is 0 Å². The molecule has 35 heavy (non-hydrogen) atoms. The van der Waals surface area contributed by atoms with E-state index in [2.05, 4.69) is 10.2 Å². The van der Waals surface area contributed by atoms with Crippen molar-refractivity contribution in [1.82, 2.24) is 15.1 Å². The largest absolute Gasteiger partial charge is 0.492 e. The molecule has 9 heteroatoms. The Kier molecular flexibility index (Phi) is 7.28. The molecule has 0 saturated carbocycles. The highest BCUT2D eigenvalue weighted by atomic mass is 19.1. The van der Waals surface area contributed by atoms with E-state index in [1.165, 1.54) is 17.0 Å². The van der Waals surface area contributed by atoms with Gasteiger partial charge in [-0.2, -0.15) is 0 Å². The molecule has 0 spiro atoms. The van der Waals surface area contributed by atoms with E-state index in [0.29, 0.717) is 24.3 Å². The molecule has 2 aliphatic rings. The Morgan fingerprint density at radius 2 is 1.57 bits per heavy atom. The Morgan fingerprint density at radius 1 is 0.971 bits per heavy atom. The number of benzene rings is 2. The van der Waals surface area contributed by atoms with Crippen LogP contribution in [-0.2, 0) is 11.3 Å². The van der Waals surface area contributed by atoms with Crippen LogP contribution in [-0.4, -0.2) is 70.8 Å². The lowest BCUT2D eigenvalue weighted by molar-refractivity contribution is -0.130. The second-order valence-corrected chi connectivity index (χ2v) is 9.75. The number of likely N-dealkylation sites (tertiary alicyclic amines) is 1. The van der Waals surface area contributed by atoms with Gasteiger partial charge in [0, 0.05) is 19.6 Å². The lowest BCUT2D eigenvalue weighted by Gasteiger charge is -2.38. The summed E-state index contributed by atoms with van der Waals surface area (Å²) in [7, 11) is 0. The summed E-state index contributed by atoms with van der Waals surface area (Å²) >= 11 is 0. The second-order valence-electron chi connectivity index (χ2n) is 9.75. The number of carbonyl (C=O) groups excluding carboxylic acids is 2. The molecule has 2 aromatic rings. The Hall–Kier alpha value is -3.17. The minimum absolute atomic E-state index is 0.181. The number of ether oxygens (including phenoxy) is 2. The molecule has 0 aromatic heterocycles. The van der Waals surface area contributed by atoms with Crippen LogP contribution in [0.2, 0.25) is 0 Å². The van der Waals surface area contributed by atoms with E-state index in [9.17, 15) is 19.1 Å². The van der Waals surface area contributed by atoms with Gasteiger partial charge in [0.15, 0.2) is 0 Å². The summed E-state index contributed by atoms with van der Waals surface area (Å²) in [6, 6.07) is 13.1. The molecule has 4 rings (SSSR count). The first-order valence-corrected chi connectivity index (χ1v) is 11.8. The number of hydrogen-bond donors (Lipinski definition) is 2. The summed E-state index contributed by atoms with van der Waals surface area (Å²) in [5, 5.41) is 13.5. The summed E-state index contributed by atoms with van der Waals surface area (Å²) in [6.07, 6.45) is 1.18. The van der Waals surface area contributed by atoms with Crippen LogP contribution in [0.25, 0.3) is 0 Å². The maximum atomic E-state index is 13.0. The summed E-state index contributed by atoms with van der Waals surface area (Å²) in [4.78, 5) is 27.6. The highest BCUT2D eigenvalue weighted by Crippen LogP contribution is 2.25. The average Bonchev–Trinajstić information content (AvgIpc) is 3.03. The van der Waals surface area contributed by atoms with Crippen LogP contribution >= 0.6 is 0 Å². The van der Waals surface area contributed by atoms with Crippen molar-refractivity contribution in [3.05, 3.63) is 59.9 Å². The third kappa shape index (κ3) is 6.29. The average molecular weight is 486 g/mol. The van der Waals surface area contributed by atoms with Crippen LogP contribution in [0.1, 0.15) is 32.3 Å². The van der Waals surface area contributed by atoms with Crippen molar-refractivity contribution in [2.45, 2.75) is 44.4 Å². The van der Waals surface area contributed by atoms with Gasteiger partial charge in [0.2, 0.25) is 0 Å². The maximum absolute atomic E-state index is 13.0. The van der Waals surface area contributed by atoms with Gasteiger partial charge < -0.3 is 19.9 Å². The maximum Gasteiger partial charge on any atom is 0.325 e. The predicted octanol–water partition coefficient (Wildman–Crippen LogP) is 2.94. The van der Waals surface area contributed by atoms with E-state index in [1.54, 1.807) is 26.0 Å². The summed E-state index contributed by atoms with van der Waals surface area (Å²) in [5.74, 6) is 0.646. The Bertz CT molecular complexity index is 1030. The van der Waals surface area contributed by atoms with Gasteiger partial charge in [0.05, 0.1) is 6.54 Å². The first-order valence-electron chi connectivity index (χ1n) is 11.8. The number of carbonyl (C=O) groups is 2. The molecule has 2 saturated heterocycles. The number of amides is 3. The standard InChI is InChI=1S/C26H32FN3O5/c1-25(2)23(31)30(24(32)28-25)15-16-34-21-7-3-19(4-8-21)17-29-13-11-26(33,12-14-29)18-35-22-9-5-20(27)6-10-22/h3-10,33H,11-18H2,1-2H3,(H,28,32). The topological polar surface area (TPSA) is 91.3 Å². The molecule has 0 unspecified atom stereocenters.